The number of hydrogen-bond donors (Lipinski definition) is 0. The zero-order chi connectivity index (χ0) is 42.3. The summed E-state index contributed by atoms with van der Waals surface area (Å²) in [6.45, 7) is 15.1. The Bertz CT molecular complexity index is 3530. The molecule has 61 heavy (non-hydrogen) atoms. The lowest BCUT2D eigenvalue weighted by atomic mass is 9.93. The second-order valence-corrected chi connectivity index (χ2v) is 16.9. The molecule has 10 aromatic rings. The van der Waals surface area contributed by atoms with Crippen LogP contribution in [0.5, 0.6) is 0 Å². The summed E-state index contributed by atoms with van der Waals surface area (Å²) in [6.07, 6.45) is 0. The molecule has 292 valence electrons. The molecule has 0 unspecified atom stereocenters. The molecular formula is C57H44N4. The smallest absolute Gasteiger partial charge is 0.104 e. The van der Waals surface area contributed by atoms with Gasteiger partial charge in [0.05, 0.1) is 45.1 Å². The molecule has 0 fully saturated rings. The molecule has 0 atom stereocenters. The van der Waals surface area contributed by atoms with E-state index in [1.165, 1.54) is 44.5 Å². The molecule has 10 rings (SSSR count). The predicted molar refractivity (Wildman–Crippen MR) is 254 cm³/mol. The Kier molecular flexibility index (Phi) is 8.79. The summed E-state index contributed by atoms with van der Waals surface area (Å²) >= 11 is 0. The Balaban J connectivity index is 1.36. The van der Waals surface area contributed by atoms with Crippen molar-refractivity contribution in [3.05, 3.63) is 190 Å². The summed E-state index contributed by atoms with van der Waals surface area (Å²) in [5.74, 6) is 0. The van der Waals surface area contributed by atoms with Crippen molar-refractivity contribution < 1.29 is 0 Å². The number of hydrogen-bond acceptors (Lipinski definition) is 2. The third-order valence-electron chi connectivity index (χ3n) is 12.5. The highest BCUT2D eigenvalue weighted by atomic mass is 15.0. The van der Waals surface area contributed by atoms with Gasteiger partial charge >= 0.3 is 0 Å². The fourth-order valence-corrected chi connectivity index (χ4v) is 10.4. The van der Waals surface area contributed by atoms with E-state index in [-0.39, 0.29) is 0 Å². The van der Waals surface area contributed by atoms with Crippen LogP contribution in [-0.2, 0) is 0 Å². The lowest BCUT2D eigenvalue weighted by Gasteiger charge is -2.21. The average Bonchev–Trinajstić information content (AvgIpc) is 3.74. The van der Waals surface area contributed by atoms with Crippen LogP contribution in [0.3, 0.4) is 0 Å². The Morgan fingerprint density at radius 3 is 1.39 bits per heavy atom. The highest BCUT2D eigenvalue weighted by Crippen LogP contribution is 2.44. The van der Waals surface area contributed by atoms with E-state index in [4.69, 9.17) is 0 Å². The van der Waals surface area contributed by atoms with Crippen molar-refractivity contribution in [1.82, 2.24) is 9.13 Å². The maximum Gasteiger partial charge on any atom is 0.104 e. The van der Waals surface area contributed by atoms with E-state index in [2.05, 4.69) is 190 Å². The minimum Gasteiger partial charge on any atom is -0.308 e. The van der Waals surface area contributed by atoms with Gasteiger partial charge < -0.3 is 9.13 Å². The first-order valence-electron chi connectivity index (χ1n) is 20.9. The molecule has 4 heteroatoms. The molecule has 0 aliphatic heterocycles. The number of aromatic nitrogens is 2. The molecule has 2 aromatic heterocycles. The molecule has 0 amide bonds. The minimum absolute atomic E-state index is 0.545. The van der Waals surface area contributed by atoms with Gasteiger partial charge in [-0.3, -0.25) is 0 Å². The predicted octanol–water partition coefficient (Wildman–Crippen LogP) is 14.8. The van der Waals surface area contributed by atoms with Crippen LogP contribution in [0.15, 0.2) is 140 Å². The van der Waals surface area contributed by atoms with Gasteiger partial charge in [-0.15, -0.1) is 0 Å². The van der Waals surface area contributed by atoms with E-state index in [1.807, 2.05) is 19.1 Å². The van der Waals surface area contributed by atoms with Crippen molar-refractivity contribution in [2.45, 2.75) is 48.5 Å². The number of para-hydroxylation sites is 2. The topological polar surface area (TPSA) is 57.4 Å². The summed E-state index contributed by atoms with van der Waals surface area (Å²) in [5, 5.41) is 26.4. The van der Waals surface area contributed by atoms with Gasteiger partial charge in [0.2, 0.25) is 0 Å². The SMILES string of the molecule is Cc1cc(C#N)cc(-c2ccc(-n3c4ccccc4c4ccc(-c5c(C)cc(C)cc5C)cc43)c(C#N)c2-n2c3ccccc3c3ccc(-c4c(C)cc(C)cc4C)cc32)c1. The highest BCUT2D eigenvalue weighted by molar-refractivity contribution is 6.13. The first-order chi connectivity index (χ1) is 29.5. The van der Waals surface area contributed by atoms with Gasteiger partial charge in [-0.05, 0) is 147 Å². The van der Waals surface area contributed by atoms with E-state index in [0.717, 1.165) is 82.8 Å². The van der Waals surface area contributed by atoms with Crippen LogP contribution in [0, 0.1) is 71.1 Å². The fourth-order valence-electron chi connectivity index (χ4n) is 10.4. The van der Waals surface area contributed by atoms with E-state index in [9.17, 15) is 10.5 Å². The van der Waals surface area contributed by atoms with Crippen molar-refractivity contribution in [2.24, 2.45) is 0 Å². The largest absolute Gasteiger partial charge is 0.308 e. The molecule has 0 aliphatic carbocycles. The van der Waals surface area contributed by atoms with Crippen LogP contribution in [0.1, 0.15) is 50.1 Å². The summed E-state index contributed by atoms with van der Waals surface area (Å²) in [7, 11) is 0. The molecule has 2 heterocycles. The number of rotatable bonds is 5. The second-order valence-electron chi connectivity index (χ2n) is 16.9. The molecule has 4 nitrogen and oxygen atoms in total. The quantitative estimate of drug-likeness (QED) is 0.174. The van der Waals surface area contributed by atoms with Crippen molar-refractivity contribution in [3.8, 4) is 56.9 Å². The zero-order valence-corrected chi connectivity index (χ0v) is 35.6. The molecule has 0 N–H and O–H groups in total. The standard InChI is InChI=1S/C57H44N4/c1-33-22-36(4)55(37(5)23-33)41-16-18-47-45-12-8-10-14-50(45)60(53(47)29-41)52-21-20-44(43-27-35(3)26-40(28-43)31-58)57(49(52)32-59)61-51-15-11-9-13-46(51)48-19-17-42(30-54(48)61)56-38(6)24-34(2)25-39(56)7/h8-30H,1-7H3. The summed E-state index contributed by atoms with van der Waals surface area (Å²) < 4.78 is 4.59. The number of fused-ring (bicyclic) bond motifs is 6. The molecule has 0 bridgehead atoms. The second kappa shape index (κ2) is 14.3. The van der Waals surface area contributed by atoms with Crippen molar-refractivity contribution >= 4 is 43.6 Å². The first-order valence-corrected chi connectivity index (χ1v) is 20.9. The van der Waals surface area contributed by atoms with Gasteiger partial charge in [0.1, 0.15) is 11.6 Å². The minimum atomic E-state index is 0.545. The lowest BCUT2D eigenvalue weighted by Crippen LogP contribution is -2.06. The summed E-state index contributed by atoms with van der Waals surface area (Å²) in [6, 6.07) is 55.0. The highest BCUT2D eigenvalue weighted by Gasteiger charge is 2.25. The monoisotopic (exact) mass is 784 g/mol. The maximum atomic E-state index is 11.7. The van der Waals surface area contributed by atoms with E-state index >= 15 is 0 Å². The lowest BCUT2D eigenvalue weighted by molar-refractivity contribution is 1.12. The molecule has 0 saturated heterocycles. The molecule has 8 aromatic carbocycles. The fraction of sp³-hybridized carbons (Fsp3) is 0.123. The third kappa shape index (κ3) is 5.95. The van der Waals surface area contributed by atoms with Crippen molar-refractivity contribution in [3.63, 3.8) is 0 Å². The summed E-state index contributed by atoms with van der Waals surface area (Å²) in [4.78, 5) is 0. The van der Waals surface area contributed by atoms with Crippen LogP contribution in [0.25, 0.3) is 88.4 Å². The molecule has 0 radical (unpaired) electrons. The van der Waals surface area contributed by atoms with Gasteiger partial charge in [0.25, 0.3) is 0 Å². The van der Waals surface area contributed by atoms with Crippen LogP contribution in [0.2, 0.25) is 0 Å². The third-order valence-corrected chi connectivity index (χ3v) is 12.5. The zero-order valence-electron chi connectivity index (χ0n) is 35.6. The maximum absolute atomic E-state index is 11.7. The molecule has 0 aliphatic rings. The van der Waals surface area contributed by atoms with E-state index in [0.29, 0.717) is 11.1 Å². The molecular weight excluding hydrogens is 741 g/mol. The number of benzene rings is 8. The van der Waals surface area contributed by atoms with Gasteiger partial charge in [0.15, 0.2) is 0 Å². The van der Waals surface area contributed by atoms with Crippen molar-refractivity contribution in [1.29, 1.82) is 10.5 Å². The summed E-state index contributed by atoms with van der Waals surface area (Å²) in [5.41, 5.74) is 21.7. The van der Waals surface area contributed by atoms with Gasteiger partial charge in [-0.2, -0.15) is 10.5 Å². The van der Waals surface area contributed by atoms with Crippen LogP contribution in [0.4, 0.5) is 0 Å². The van der Waals surface area contributed by atoms with Crippen LogP contribution in [-0.4, -0.2) is 9.13 Å². The number of nitriles is 2. The first kappa shape index (κ1) is 37.6. The van der Waals surface area contributed by atoms with E-state index < -0.39 is 0 Å². The van der Waals surface area contributed by atoms with Gasteiger partial charge in [-0.1, -0.05) is 108 Å². The van der Waals surface area contributed by atoms with E-state index in [1.54, 1.807) is 0 Å². The van der Waals surface area contributed by atoms with Gasteiger partial charge in [-0.25, -0.2) is 0 Å². The Labute approximate surface area is 356 Å². The Hall–Kier alpha value is -7.66. The molecule has 0 spiro atoms. The van der Waals surface area contributed by atoms with Crippen LogP contribution >= 0.6 is 0 Å². The average molecular weight is 785 g/mol. The van der Waals surface area contributed by atoms with Crippen LogP contribution < -0.4 is 0 Å². The Morgan fingerprint density at radius 1 is 0.393 bits per heavy atom. The number of nitrogens with zero attached hydrogens (tertiary/aromatic N) is 4. The van der Waals surface area contributed by atoms with Gasteiger partial charge in [0, 0.05) is 27.1 Å². The Morgan fingerprint density at radius 2 is 0.869 bits per heavy atom. The number of aryl methyl sites for hydroxylation is 7. The van der Waals surface area contributed by atoms with Crippen molar-refractivity contribution in [2.75, 3.05) is 0 Å². The normalized spacial score (nSPS) is 11.5. The molecule has 0 saturated carbocycles.